The molecule has 2 aliphatic rings. The molecule has 1 unspecified atom stereocenters. The van der Waals surface area contributed by atoms with E-state index < -0.39 is 0 Å². The number of nitrogens with one attached hydrogen (secondary N) is 1. The Bertz CT molecular complexity index is 680. The first kappa shape index (κ1) is 15.8. The first-order valence-corrected chi connectivity index (χ1v) is 9.45. The Morgan fingerprint density at radius 3 is 3.04 bits per heavy atom. The van der Waals surface area contributed by atoms with Crippen LogP contribution >= 0.6 is 11.3 Å². The van der Waals surface area contributed by atoms with Crippen molar-refractivity contribution in [1.29, 1.82) is 0 Å². The smallest absolute Gasteiger partial charge is 0.225 e. The van der Waals surface area contributed by atoms with Gasteiger partial charge in [-0.25, -0.2) is 4.98 Å². The zero-order chi connectivity index (χ0) is 16.4. The van der Waals surface area contributed by atoms with Gasteiger partial charge < -0.3 is 15.0 Å². The standard InChI is InChI=1S/C17H22N4O2S/c22-16(19-13-4-8-23-9-5-13)12-2-1-7-21(11-12)17-20-14-10-18-6-3-15(14)24-17/h3,6,10,12-13H,1-2,4-5,7-9,11H2,(H,19,22). The summed E-state index contributed by atoms with van der Waals surface area (Å²) in [6, 6.07) is 2.27. The van der Waals surface area contributed by atoms with Crippen LogP contribution in [0, 0.1) is 5.92 Å². The number of thiazole rings is 1. The molecular weight excluding hydrogens is 324 g/mol. The second-order valence-electron chi connectivity index (χ2n) is 6.52. The first-order chi connectivity index (χ1) is 11.8. The molecule has 24 heavy (non-hydrogen) atoms. The maximum atomic E-state index is 12.6. The fraction of sp³-hybridized carbons (Fsp3) is 0.588. The summed E-state index contributed by atoms with van der Waals surface area (Å²) < 4.78 is 6.51. The van der Waals surface area contributed by atoms with E-state index in [1.54, 1.807) is 23.7 Å². The van der Waals surface area contributed by atoms with Gasteiger partial charge >= 0.3 is 0 Å². The molecule has 1 N–H and O–H groups in total. The molecule has 128 valence electrons. The van der Waals surface area contributed by atoms with Crippen molar-refractivity contribution in [2.75, 3.05) is 31.2 Å². The summed E-state index contributed by atoms with van der Waals surface area (Å²) in [6.07, 6.45) is 7.43. The molecule has 2 aromatic rings. The predicted octanol–water partition coefficient (Wildman–Crippen LogP) is 2.20. The van der Waals surface area contributed by atoms with Crippen molar-refractivity contribution in [1.82, 2.24) is 15.3 Å². The molecule has 6 nitrogen and oxygen atoms in total. The van der Waals surface area contributed by atoms with Crippen LogP contribution in [-0.4, -0.2) is 48.2 Å². The van der Waals surface area contributed by atoms with Crippen molar-refractivity contribution < 1.29 is 9.53 Å². The number of pyridine rings is 1. The van der Waals surface area contributed by atoms with Gasteiger partial charge in [0.25, 0.3) is 0 Å². The first-order valence-electron chi connectivity index (χ1n) is 8.63. The van der Waals surface area contributed by atoms with Crippen molar-refractivity contribution in [3.05, 3.63) is 18.5 Å². The molecule has 0 radical (unpaired) electrons. The van der Waals surface area contributed by atoms with Crippen molar-refractivity contribution in [3.8, 4) is 0 Å². The van der Waals surface area contributed by atoms with E-state index in [1.165, 1.54) is 0 Å². The van der Waals surface area contributed by atoms with Gasteiger partial charge in [-0.2, -0.15) is 0 Å². The number of hydrogen-bond acceptors (Lipinski definition) is 6. The minimum absolute atomic E-state index is 0.0479. The lowest BCUT2D eigenvalue weighted by atomic mass is 9.96. The molecule has 2 aliphatic heterocycles. The van der Waals surface area contributed by atoms with E-state index in [4.69, 9.17) is 4.74 Å². The summed E-state index contributed by atoms with van der Waals surface area (Å²) in [7, 11) is 0. The van der Waals surface area contributed by atoms with Crippen molar-refractivity contribution >= 4 is 32.6 Å². The Balaban J connectivity index is 1.42. The Labute approximate surface area is 145 Å². The number of piperidine rings is 1. The molecule has 2 fully saturated rings. The fourth-order valence-electron chi connectivity index (χ4n) is 3.43. The lowest BCUT2D eigenvalue weighted by Crippen LogP contribution is -2.47. The van der Waals surface area contributed by atoms with Gasteiger partial charge in [-0.3, -0.25) is 9.78 Å². The summed E-state index contributed by atoms with van der Waals surface area (Å²) in [5.41, 5.74) is 0.936. The lowest BCUT2D eigenvalue weighted by molar-refractivity contribution is -0.126. The minimum Gasteiger partial charge on any atom is -0.381 e. The van der Waals surface area contributed by atoms with Crippen molar-refractivity contribution in [2.45, 2.75) is 31.7 Å². The van der Waals surface area contributed by atoms with Gasteiger partial charge in [0.05, 0.1) is 16.8 Å². The van der Waals surface area contributed by atoms with Crippen LogP contribution in [0.1, 0.15) is 25.7 Å². The molecule has 7 heteroatoms. The monoisotopic (exact) mass is 346 g/mol. The van der Waals surface area contributed by atoms with Gasteiger partial charge in [0.1, 0.15) is 5.52 Å². The zero-order valence-electron chi connectivity index (χ0n) is 13.6. The molecule has 1 atom stereocenters. The van der Waals surface area contributed by atoms with E-state index in [0.29, 0.717) is 0 Å². The number of ether oxygens (including phenoxy) is 1. The lowest BCUT2D eigenvalue weighted by Gasteiger charge is -2.33. The molecule has 2 aromatic heterocycles. The number of hydrogen-bond donors (Lipinski definition) is 1. The zero-order valence-corrected chi connectivity index (χ0v) is 14.4. The summed E-state index contributed by atoms with van der Waals surface area (Å²) in [4.78, 5) is 23.7. The van der Waals surface area contributed by atoms with Crippen LogP contribution in [0.25, 0.3) is 10.2 Å². The molecule has 4 heterocycles. The van der Waals surface area contributed by atoms with E-state index in [2.05, 4.69) is 20.2 Å². The Morgan fingerprint density at radius 2 is 2.21 bits per heavy atom. The van der Waals surface area contributed by atoms with E-state index in [0.717, 1.165) is 67.3 Å². The molecule has 0 aliphatic carbocycles. The van der Waals surface area contributed by atoms with Crippen molar-refractivity contribution in [2.24, 2.45) is 5.92 Å². The summed E-state index contributed by atoms with van der Waals surface area (Å²) in [6.45, 7) is 3.22. The molecule has 0 aromatic carbocycles. The summed E-state index contributed by atoms with van der Waals surface area (Å²) >= 11 is 1.68. The number of fused-ring (bicyclic) bond motifs is 1. The van der Waals surface area contributed by atoms with Gasteiger partial charge in [-0.1, -0.05) is 11.3 Å². The average Bonchev–Trinajstić information content (AvgIpc) is 3.07. The van der Waals surface area contributed by atoms with E-state index in [1.807, 2.05) is 6.07 Å². The predicted molar refractivity (Wildman–Crippen MR) is 94.3 cm³/mol. The topological polar surface area (TPSA) is 67.3 Å². The minimum atomic E-state index is 0.0479. The van der Waals surface area contributed by atoms with Crippen LogP contribution in [-0.2, 0) is 9.53 Å². The third-order valence-electron chi connectivity index (χ3n) is 4.81. The van der Waals surface area contributed by atoms with Crippen LogP contribution in [0.2, 0.25) is 0 Å². The average molecular weight is 346 g/mol. The van der Waals surface area contributed by atoms with Crippen LogP contribution < -0.4 is 10.2 Å². The van der Waals surface area contributed by atoms with E-state index in [-0.39, 0.29) is 17.9 Å². The normalized spacial score (nSPS) is 22.7. The molecule has 1 amide bonds. The Hall–Kier alpha value is -1.73. The highest BCUT2D eigenvalue weighted by atomic mass is 32.1. The number of nitrogens with zero attached hydrogens (tertiary/aromatic N) is 3. The molecule has 4 rings (SSSR count). The highest BCUT2D eigenvalue weighted by Gasteiger charge is 2.29. The Morgan fingerprint density at radius 1 is 1.33 bits per heavy atom. The fourth-order valence-corrected chi connectivity index (χ4v) is 4.40. The van der Waals surface area contributed by atoms with Gasteiger partial charge in [0, 0.05) is 38.5 Å². The highest BCUT2D eigenvalue weighted by Crippen LogP contribution is 2.31. The van der Waals surface area contributed by atoms with E-state index in [9.17, 15) is 4.79 Å². The SMILES string of the molecule is O=C(NC1CCOCC1)C1CCCN(c2nc3cnccc3s2)C1. The number of anilines is 1. The largest absolute Gasteiger partial charge is 0.381 e. The number of amides is 1. The third-order valence-corrected chi connectivity index (χ3v) is 5.91. The highest BCUT2D eigenvalue weighted by molar-refractivity contribution is 7.22. The molecule has 0 saturated carbocycles. The molecule has 0 spiro atoms. The van der Waals surface area contributed by atoms with Crippen LogP contribution in [0.4, 0.5) is 5.13 Å². The quantitative estimate of drug-likeness (QED) is 0.923. The second-order valence-corrected chi connectivity index (χ2v) is 7.53. The Kier molecular flexibility index (Phi) is 4.62. The van der Waals surface area contributed by atoms with Gasteiger partial charge in [-0.15, -0.1) is 0 Å². The van der Waals surface area contributed by atoms with Crippen LogP contribution in [0.3, 0.4) is 0 Å². The van der Waals surface area contributed by atoms with Crippen molar-refractivity contribution in [3.63, 3.8) is 0 Å². The second kappa shape index (κ2) is 7.03. The van der Waals surface area contributed by atoms with E-state index >= 15 is 0 Å². The number of rotatable bonds is 3. The molecular formula is C17H22N4O2S. The maximum absolute atomic E-state index is 12.6. The van der Waals surface area contributed by atoms with Gasteiger partial charge in [0.15, 0.2) is 5.13 Å². The van der Waals surface area contributed by atoms with Gasteiger partial charge in [0.2, 0.25) is 5.91 Å². The van der Waals surface area contributed by atoms with Gasteiger partial charge in [-0.05, 0) is 31.7 Å². The van der Waals surface area contributed by atoms with Crippen LogP contribution in [0.5, 0.6) is 0 Å². The summed E-state index contributed by atoms with van der Waals surface area (Å²) in [5.74, 6) is 0.237. The number of carbonyl (C=O) groups is 1. The summed E-state index contributed by atoms with van der Waals surface area (Å²) in [5, 5.41) is 4.22. The van der Waals surface area contributed by atoms with Crippen LogP contribution in [0.15, 0.2) is 18.5 Å². The molecule has 0 bridgehead atoms. The molecule has 2 saturated heterocycles. The maximum Gasteiger partial charge on any atom is 0.225 e. The third kappa shape index (κ3) is 3.37. The number of aromatic nitrogens is 2. The number of carbonyl (C=O) groups excluding carboxylic acids is 1.